The fourth-order valence-electron chi connectivity index (χ4n) is 9.06. The van der Waals surface area contributed by atoms with Gasteiger partial charge in [0.2, 0.25) is 47.3 Å². The van der Waals surface area contributed by atoms with Crippen LogP contribution >= 0.6 is 0 Å². The minimum atomic E-state index is -1.05. The highest BCUT2D eigenvalue weighted by atomic mass is 16.2. The van der Waals surface area contributed by atoms with E-state index in [1.807, 2.05) is 55.4 Å². The van der Waals surface area contributed by atoms with Crippen LogP contribution in [0.25, 0.3) is 0 Å². The van der Waals surface area contributed by atoms with Gasteiger partial charge in [-0.05, 0) is 81.0 Å². The molecule has 0 radical (unpaired) electrons. The first-order valence-electron chi connectivity index (χ1n) is 22.7. The predicted molar refractivity (Wildman–Crippen MR) is 227 cm³/mol. The second-order valence-corrected chi connectivity index (χ2v) is 18.9. The number of nitrogens with zero attached hydrogens (tertiary/aromatic N) is 3. The number of nitrogens with one attached hydrogen (secondary N) is 5. The lowest BCUT2D eigenvalue weighted by atomic mass is 9.95. The second-order valence-electron chi connectivity index (χ2n) is 18.9. The van der Waals surface area contributed by atoms with Crippen LogP contribution < -0.4 is 26.6 Å². The molecule has 0 aromatic carbocycles. The van der Waals surface area contributed by atoms with E-state index in [0.717, 1.165) is 0 Å². The maximum atomic E-state index is 14.5. The van der Waals surface area contributed by atoms with Crippen molar-refractivity contribution in [1.29, 1.82) is 0 Å². The Kier molecular flexibility index (Phi) is 17.4. The van der Waals surface area contributed by atoms with Gasteiger partial charge in [-0.3, -0.25) is 38.4 Å². The summed E-state index contributed by atoms with van der Waals surface area (Å²) >= 11 is 0. The number of hydrogen-bond acceptors (Lipinski definition) is 8. The lowest BCUT2D eigenvalue weighted by Crippen LogP contribution is -2.62. The lowest BCUT2D eigenvalue weighted by Gasteiger charge is -2.35. The van der Waals surface area contributed by atoms with Gasteiger partial charge in [-0.15, -0.1) is 0 Å². The molecule has 4 aliphatic heterocycles. The highest BCUT2D eigenvalue weighted by Gasteiger charge is 2.46. The quantitative estimate of drug-likeness (QED) is 0.232. The summed E-state index contributed by atoms with van der Waals surface area (Å²) in [6, 6.07) is -7.69. The standard InChI is InChI=1S/C44H74N8O8/c1-11-27(9)35-41(57)46-30(23-25(5)6)42(58)52-21-15-18-33(52)43(59)50-19-13-16-31(50)38(54)45-29(22-24(3)4)37(53)49-36(28(10)12-2)44(60)51-20-14-17-32(51)39(55)47-34(26(7)8)40(56)48-35/h24-36H,11-23H2,1-10H3,(H,45,54)(H,46,57)(H,47,55)(H,48,56)(H,49,53)/t27-,28-,29-,30-,31-,32-,33-,34-,35-,36-/m0/s1. The van der Waals surface area contributed by atoms with Gasteiger partial charge >= 0.3 is 0 Å². The van der Waals surface area contributed by atoms with Crippen LogP contribution in [0.3, 0.4) is 0 Å². The van der Waals surface area contributed by atoms with E-state index in [0.29, 0.717) is 64.5 Å². The van der Waals surface area contributed by atoms with Gasteiger partial charge in [0.25, 0.3) is 0 Å². The third-order valence-electron chi connectivity index (χ3n) is 13.0. The lowest BCUT2D eigenvalue weighted by molar-refractivity contribution is -0.148. The molecule has 0 spiro atoms. The van der Waals surface area contributed by atoms with E-state index in [1.54, 1.807) is 13.8 Å². The van der Waals surface area contributed by atoms with E-state index < -0.39 is 95.6 Å². The number of carbonyl (C=O) groups is 8. The van der Waals surface area contributed by atoms with Gasteiger partial charge in [0, 0.05) is 19.6 Å². The minimum Gasteiger partial charge on any atom is -0.343 e. The second kappa shape index (κ2) is 21.5. The molecule has 4 rings (SSSR count). The first-order chi connectivity index (χ1) is 28.3. The number of hydrogen-bond donors (Lipinski definition) is 5. The summed E-state index contributed by atoms with van der Waals surface area (Å²) in [4.78, 5) is 119. The van der Waals surface area contributed by atoms with Crippen molar-refractivity contribution in [3.05, 3.63) is 0 Å². The van der Waals surface area contributed by atoms with Gasteiger partial charge in [0.15, 0.2) is 0 Å². The fraction of sp³-hybridized carbons (Fsp3) is 0.818. The Balaban J connectivity index is 1.78. The first kappa shape index (κ1) is 48.4. The Morgan fingerprint density at radius 3 is 1.37 bits per heavy atom. The smallest absolute Gasteiger partial charge is 0.246 e. The van der Waals surface area contributed by atoms with E-state index >= 15 is 0 Å². The Bertz CT molecular complexity index is 1590. The van der Waals surface area contributed by atoms with Crippen molar-refractivity contribution in [2.45, 2.75) is 182 Å². The molecule has 0 saturated carbocycles. The number of amides is 8. The van der Waals surface area contributed by atoms with Crippen LogP contribution in [0.15, 0.2) is 0 Å². The zero-order valence-electron chi connectivity index (χ0n) is 37.8. The van der Waals surface area contributed by atoms with Crippen molar-refractivity contribution in [1.82, 2.24) is 41.3 Å². The van der Waals surface area contributed by atoms with Crippen LogP contribution in [0.1, 0.15) is 133 Å². The van der Waals surface area contributed by atoms with Crippen molar-refractivity contribution in [3.8, 4) is 0 Å². The Morgan fingerprint density at radius 2 is 0.850 bits per heavy atom. The predicted octanol–water partition coefficient (Wildman–Crippen LogP) is 2.24. The molecule has 16 heteroatoms. The van der Waals surface area contributed by atoms with Gasteiger partial charge in [-0.25, -0.2) is 0 Å². The van der Waals surface area contributed by atoms with Crippen LogP contribution in [0.5, 0.6) is 0 Å². The van der Waals surface area contributed by atoms with Crippen molar-refractivity contribution in [2.75, 3.05) is 19.6 Å². The van der Waals surface area contributed by atoms with Crippen molar-refractivity contribution >= 4 is 47.3 Å². The molecule has 0 aromatic rings. The Labute approximate surface area is 357 Å². The molecule has 338 valence electrons. The SMILES string of the molecule is CC[C@H](C)[C@@H]1NC(=O)[C@H](C(C)C)NC(=O)[C@@H]2CCCN2C(=O)[C@H]([C@@H](C)CC)NC(=O)[C@H](CC(C)C)NC(=O)[C@@H]2CCCN2C(=O)[C@@H]2CCCN2C(=O)[C@H](CC(C)C)NC1=O. The zero-order chi connectivity index (χ0) is 44.6. The molecular weight excluding hydrogens is 769 g/mol. The summed E-state index contributed by atoms with van der Waals surface area (Å²) in [5.74, 6) is -4.86. The minimum absolute atomic E-state index is 0.00911. The maximum Gasteiger partial charge on any atom is 0.246 e. The molecule has 5 N–H and O–H groups in total. The van der Waals surface area contributed by atoms with Gasteiger partial charge < -0.3 is 41.3 Å². The largest absolute Gasteiger partial charge is 0.343 e. The molecule has 0 aromatic heterocycles. The third kappa shape index (κ3) is 11.6. The maximum absolute atomic E-state index is 14.5. The number of fused-ring (bicyclic) bond motifs is 3. The number of carbonyl (C=O) groups excluding carboxylic acids is 8. The molecule has 16 nitrogen and oxygen atoms in total. The Morgan fingerprint density at radius 1 is 0.450 bits per heavy atom. The molecule has 10 atom stereocenters. The van der Waals surface area contributed by atoms with Crippen molar-refractivity contribution in [2.24, 2.45) is 29.6 Å². The summed E-state index contributed by atoms with van der Waals surface area (Å²) in [5.41, 5.74) is 0. The van der Waals surface area contributed by atoms with E-state index in [9.17, 15) is 38.4 Å². The number of rotatable bonds is 9. The highest BCUT2D eigenvalue weighted by Crippen LogP contribution is 2.28. The van der Waals surface area contributed by atoms with Crippen LogP contribution in [0, 0.1) is 29.6 Å². The molecule has 0 aliphatic carbocycles. The Hall–Kier alpha value is -4.24. The van der Waals surface area contributed by atoms with Crippen molar-refractivity contribution in [3.63, 3.8) is 0 Å². The molecule has 0 unspecified atom stereocenters. The molecule has 4 saturated heterocycles. The van der Waals surface area contributed by atoms with Crippen LogP contribution in [0.4, 0.5) is 0 Å². The molecule has 0 bridgehead atoms. The molecule has 4 heterocycles. The molecule has 8 amide bonds. The summed E-state index contributed by atoms with van der Waals surface area (Å²) < 4.78 is 0. The van der Waals surface area contributed by atoms with Crippen LogP contribution in [0.2, 0.25) is 0 Å². The summed E-state index contributed by atoms with van der Waals surface area (Å²) in [7, 11) is 0. The molecular formula is C44H74N8O8. The van der Waals surface area contributed by atoms with Gasteiger partial charge in [0.05, 0.1) is 0 Å². The third-order valence-corrected chi connectivity index (χ3v) is 13.0. The normalized spacial score (nSPS) is 30.6. The molecule has 4 aliphatic rings. The van der Waals surface area contributed by atoms with E-state index in [-0.39, 0.29) is 49.0 Å². The summed E-state index contributed by atoms with van der Waals surface area (Å²) in [6.45, 7) is 19.7. The average molecular weight is 843 g/mol. The van der Waals surface area contributed by atoms with E-state index in [1.165, 1.54) is 14.7 Å². The average Bonchev–Trinajstić information content (AvgIpc) is 4.00. The molecule has 60 heavy (non-hydrogen) atoms. The zero-order valence-corrected chi connectivity index (χ0v) is 37.8. The highest BCUT2D eigenvalue weighted by molar-refractivity contribution is 5.99. The monoisotopic (exact) mass is 843 g/mol. The summed E-state index contributed by atoms with van der Waals surface area (Å²) in [5, 5.41) is 14.6. The van der Waals surface area contributed by atoms with Gasteiger partial charge in [-0.2, -0.15) is 0 Å². The van der Waals surface area contributed by atoms with Crippen LogP contribution in [-0.4, -0.2) is 130 Å². The van der Waals surface area contributed by atoms with Crippen LogP contribution in [-0.2, 0) is 38.4 Å². The first-order valence-corrected chi connectivity index (χ1v) is 22.7. The summed E-state index contributed by atoms with van der Waals surface area (Å²) in [6.07, 6.45) is 4.43. The fourth-order valence-corrected chi connectivity index (χ4v) is 9.06. The molecule has 4 fully saturated rings. The van der Waals surface area contributed by atoms with E-state index in [2.05, 4.69) is 26.6 Å². The van der Waals surface area contributed by atoms with Gasteiger partial charge in [0.1, 0.15) is 48.3 Å². The van der Waals surface area contributed by atoms with E-state index in [4.69, 9.17) is 0 Å². The topological polar surface area (TPSA) is 206 Å². The van der Waals surface area contributed by atoms with Gasteiger partial charge in [-0.1, -0.05) is 82.1 Å². The van der Waals surface area contributed by atoms with Crippen molar-refractivity contribution < 1.29 is 38.4 Å².